The molecular weight excluding hydrogens is 288 g/mol. The minimum Gasteiger partial charge on any atom is -0.341 e. The minimum absolute atomic E-state index is 0.225. The topological polar surface area (TPSA) is 83.9 Å². The Kier molecular flexibility index (Phi) is 4.05. The third-order valence-corrected chi connectivity index (χ3v) is 4.22. The van der Waals surface area contributed by atoms with E-state index in [4.69, 9.17) is 0 Å². The molecule has 0 spiro atoms. The summed E-state index contributed by atoms with van der Waals surface area (Å²) in [5, 5.41) is 6.59. The minimum atomic E-state index is -0.225. The number of nitrogens with zero attached hydrogens (tertiary/aromatic N) is 5. The van der Waals surface area contributed by atoms with Crippen molar-refractivity contribution in [3.8, 4) is 0 Å². The summed E-state index contributed by atoms with van der Waals surface area (Å²) in [4.78, 5) is 23.4. The van der Waals surface area contributed by atoms with Crippen molar-refractivity contribution in [1.82, 2.24) is 19.6 Å². The second-order valence-electron chi connectivity index (χ2n) is 4.96. The van der Waals surface area contributed by atoms with Crippen molar-refractivity contribution in [3.05, 3.63) is 23.0 Å². The Morgan fingerprint density at radius 3 is 2.57 bits per heavy atom. The first-order chi connectivity index (χ1) is 10.2. The van der Waals surface area contributed by atoms with E-state index in [1.807, 2.05) is 0 Å². The van der Waals surface area contributed by atoms with E-state index in [1.165, 1.54) is 19.3 Å². The number of amides is 1. The van der Waals surface area contributed by atoms with E-state index in [0.29, 0.717) is 16.3 Å². The summed E-state index contributed by atoms with van der Waals surface area (Å²) >= 11 is 1.08. The van der Waals surface area contributed by atoms with E-state index in [1.54, 1.807) is 19.3 Å². The molecule has 1 aliphatic heterocycles. The van der Waals surface area contributed by atoms with Gasteiger partial charge in [0.15, 0.2) is 0 Å². The van der Waals surface area contributed by atoms with Gasteiger partial charge in [-0.25, -0.2) is 9.97 Å². The molecule has 1 amide bonds. The second-order valence-corrected chi connectivity index (χ2v) is 5.72. The van der Waals surface area contributed by atoms with Crippen LogP contribution in [-0.4, -0.2) is 38.6 Å². The lowest BCUT2D eigenvalue weighted by Gasteiger charge is -2.26. The largest absolute Gasteiger partial charge is 0.341 e. The average Bonchev–Trinajstić information content (AvgIpc) is 2.95. The average molecular weight is 304 g/mol. The van der Waals surface area contributed by atoms with Crippen LogP contribution in [0, 0.1) is 6.92 Å². The highest BCUT2D eigenvalue weighted by Gasteiger charge is 2.15. The van der Waals surface area contributed by atoms with Crippen molar-refractivity contribution >= 4 is 29.1 Å². The van der Waals surface area contributed by atoms with Crippen LogP contribution in [0.3, 0.4) is 0 Å². The molecule has 0 unspecified atom stereocenters. The van der Waals surface area contributed by atoms with Gasteiger partial charge in [-0.05, 0) is 37.7 Å². The van der Waals surface area contributed by atoms with Gasteiger partial charge in [0, 0.05) is 13.1 Å². The lowest BCUT2D eigenvalue weighted by atomic mass is 10.1. The van der Waals surface area contributed by atoms with Gasteiger partial charge in [-0.1, -0.05) is 4.49 Å². The molecule has 0 radical (unpaired) electrons. The number of aromatic nitrogens is 4. The number of hydrogen-bond donors (Lipinski definition) is 1. The van der Waals surface area contributed by atoms with Crippen LogP contribution in [0.1, 0.15) is 34.6 Å². The monoisotopic (exact) mass is 304 g/mol. The lowest BCUT2D eigenvalue weighted by molar-refractivity contribution is 0.102. The number of rotatable bonds is 3. The summed E-state index contributed by atoms with van der Waals surface area (Å²) in [5.41, 5.74) is 1.21. The zero-order valence-electron chi connectivity index (χ0n) is 11.7. The van der Waals surface area contributed by atoms with Gasteiger partial charge in [0.25, 0.3) is 5.91 Å². The van der Waals surface area contributed by atoms with Gasteiger partial charge >= 0.3 is 0 Å². The van der Waals surface area contributed by atoms with Crippen LogP contribution >= 0.6 is 11.5 Å². The van der Waals surface area contributed by atoms with Crippen molar-refractivity contribution in [2.75, 3.05) is 23.3 Å². The first-order valence-corrected chi connectivity index (χ1v) is 7.68. The van der Waals surface area contributed by atoms with E-state index < -0.39 is 0 Å². The molecule has 1 fully saturated rings. The van der Waals surface area contributed by atoms with Crippen molar-refractivity contribution < 1.29 is 4.79 Å². The normalized spacial score (nSPS) is 15.0. The number of aryl methyl sites for hydroxylation is 1. The number of nitrogens with one attached hydrogen (secondary N) is 1. The molecule has 2 aromatic rings. The number of carbonyl (C=O) groups excluding carboxylic acids is 1. The fourth-order valence-electron chi connectivity index (χ4n) is 2.27. The first kappa shape index (κ1) is 13.9. The van der Waals surface area contributed by atoms with E-state index in [0.717, 1.165) is 30.6 Å². The molecule has 110 valence electrons. The zero-order valence-corrected chi connectivity index (χ0v) is 12.6. The number of carbonyl (C=O) groups is 1. The van der Waals surface area contributed by atoms with Crippen LogP contribution in [0.15, 0.2) is 12.4 Å². The highest BCUT2D eigenvalue weighted by atomic mass is 32.1. The molecular formula is C13H16N6OS. The first-order valence-electron chi connectivity index (χ1n) is 6.91. The molecule has 0 atom stereocenters. The summed E-state index contributed by atoms with van der Waals surface area (Å²) in [6, 6.07) is 0. The molecule has 2 aromatic heterocycles. The predicted octanol–water partition coefficient (Wildman–Crippen LogP) is 1.88. The SMILES string of the molecule is Cc1nnsc1C(=O)Nc1cnc(N2CCCCC2)nc1. The maximum atomic E-state index is 12.0. The molecule has 1 N–H and O–H groups in total. The van der Waals surface area contributed by atoms with Crippen molar-refractivity contribution in [2.45, 2.75) is 26.2 Å². The Hall–Kier alpha value is -2.09. The summed E-state index contributed by atoms with van der Waals surface area (Å²) in [6.45, 7) is 3.75. The van der Waals surface area contributed by atoms with E-state index in [9.17, 15) is 4.79 Å². The number of piperidine rings is 1. The third kappa shape index (κ3) is 3.15. The van der Waals surface area contributed by atoms with Gasteiger partial charge < -0.3 is 10.2 Å². The standard InChI is InChI=1S/C13H16N6OS/c1-9-11(21-18-17-9)12(20)16-10-7-14-13(15-8-10)19-5-3-2-4-6-19/h7-8H,2-6H2,1H3,(H,16,20). The smallest absolute Gasteiger partial charge is 0.269 e. The summed E-state index contributed by atoms with van der Waals surface area (Å²) < 4.78 is 3.75. The van der Waals surface area contributed by atoms with Crippen molar-refractivity contribution in [2.24, 2.45) is 0 Å². The van der Waals surface area contributed by atoms with Gasteiger partial charge in [-0.2, -0.15) is 0 Å². The predicted molar refractivity (Wildman–Crippen MR) is 80.7 cm³/mol. The molecule has 3 rings (SSSR count). The zero-order chi connectivity index (χ0) is 14.7. The molecule has 1 saturated heterocycles. The van der Waals surface area contributed by atoms with Crippen LogP contribution in [0.5, 0.6) is 0 Å². The Balaban J connectivity index is 1.67. The highest BCUT2D eigenvalue weighted by Crippen LogP contribution is 2.17. The lowest BCUT2D eigenvalue weighted by Crippen LogP contribution is -2.30. The molecule has 7 nitrogen and oxygen atoms in total. The molecule has 3 heterocycles. The van der Waals surface area contributed by atoms with Gasteiger partial charge in [-0.3, -0.25) is 4.79 Å². The molecule has 1 aliphatic rings. The fourth-order valence-corrected chi connectivity index (χ4v) is 2.82. The maximum Gasteiger partial charge on any atom is 0.269 e. The summed E-state index contributed by atoms with van der Waals surface area (Å²) in [5.74, 6) is 0.500. The Morgan fingerprint density at radius 1 is 1.24 bits per heavy atom. The quantitative estimate of drug-likeness (QED) is 0.932. The fraction of sp³-hybridized carbons (Fsp3) is 0.462. The van der Waals surface area contributed by atoms with Crippen molar-refractivity contribution in [1.29, 1.82) is 0 Å². The van der Waals surface area contributed by atoms with Gasteiger partial charge in [0.05, 0.1) is 23.8 Å². The van der Waals surface area contributed by atoms with Crippen molar-refractivity contribution in [3.63, 3.8) is 0 Å². The van der Waals surface area contributed by atoms with Gasteiger partial charge in [0.1, 0.15) is 4.88 Å². The van der Waals surface area contributed by atoms with Crippen LogP contribution in [0.4, 0.5) is 11.6 Å². The Labute approximate surface area is 126 Å². The van der Waals surface area contributed by atoms with E-state index in [2.05, 4.69) is 29.8 Å². The second kappa shape index (κ2) is 6.13. The molecule has 21 heavy (non-hydrogen) atoms. The van der Waals surface area contributed by atoms with Crippen LogP contribution in [0.2, 0.25) is 0 Å². The molecule has 0 saturated carbocycles. The van der Waals surface area contributed by atoms with E-state index in [-0.39, 0.29) is 5.91 Å². The highest BCUT2D eigenvalue weighted by molar-refractivity contribution is 7.08. The van der Waals surface area contributed by atoms with E-state index >= 15 is 0 Å². The molecule has 0 aromatic carbocycles. The maximum absolute atomic E-state index is 12.0. The summed E-state index contributed by atoms with van der Waals surface area (Å²) in [6.07, 6.45) is 6.91. The Morgan fingerprint density at radius 2 is 1.95 bits per heavy atom. The molecule has 0 bridgehead atoms. The number of hydrogen-bond acceptors (Lipinski definition) is 7. The van der Waals surface area contributed by atoms with Crippen LogP contribution < -0.4 is 10.2 Å². The molecule has 0 aliphatic carbocycles. The third-order valence-electron chi connectivity index (χ3n) is 3.39. The van der Waals surface area contributed by atoms with Gasteiger partial charge in [-0.15, -0.1) is 5.10 Å². The van der Waals surface area contributed by atoms with Gasteiger partial charge in [0.2, 0.25) is 5.95 Å². The Bertz CT molecular complexity index is 620. The summed E-state index contributed by atoms with van der Waals surface area (Å²) in [7, 11) is 0. The number of anilines is 2. The van der Waals surface area contributed by atoms with Crippen LogP contribution in [-0.2, 0) is 0 Å². The molecule has 8 heteroatoms. The van der Waals surface area contributed by atoms with Crippen LogP contribution in [0.25, 0.3) is 0 Å².